The van der Waals surface area contributed by atoms with E-state index in [1.54, 1.807) is 40.0 Å². The Morgan fingerprint density at radius 1 is 1.03 bits per heavy atom. The standard InChI is InChI=1S/C21H19N7O2S/c1-27-19(10-16(26-27)13-2-3-13)25-21(30)18-9-8-17(31-18)20(29)24-14-4-6-15(7-5-14)28-12-22-11-23-28/h4-13H,2-3H2,1H3,(H,24,29)(H,25,30). The van der Waals surface area contributed by atoms with Crippen molar-refractivity contribution in [2.24, 2.45) is 7.05 Å². The molecular formula is C21H19N7O2S. The van der Waals surface area contributed by atoms with E-state index in [4.69, 9.17) is 0 Å². The Morgan fingerprint density at radius 3 is 2.39 bits per heavy atom. The van der Waals surface area contributed by atoms with Crippen LogP contribution in [0.1, 0.15) is 43.8 Å². The predicted octanol–water partition coefficient (Wildman–Crippen LogP) is 3.44. The molecule has 0 saturated heterocycles. The van der Waals surface area contributed by atoms with Gasteiger partial charge in [-0.1, -0.05) is 0 Å². The predicted molar refractivity (Wildman–Crippen MR) is 117 cm³/mol. The fourth-order valence-corrected chi connectivity index (χ4v) is 3.97. The van der Waals surface area contributed by atoms with Crippen molar-refractivity contribution in [3.05, 3.63) is 70.6 Å². The van der Waals surface area contributed by atoms with Gasteiger partial charge in [0.2, 0.25) is 0 Å². The molecule has 4 aromatic rings. The van der Waals surface area contributed by atoms with Crippen LogP contribution in [-0.4, -0.2) is 36.4 Å². The summed E-state index contributed by atoms with van der Waals surface area (Å²) in [6, 6.07) is 12.5. The number of anilines is 2. The molecule has 9 nitrogen and oxygen atoms in total. The number of rotatable bonds is 6. The van der Waals surface area contributed by atoms with Gasteiger partial charge in [0.1, 0.15) is 18.5 Å². The van der Waals surface area contributed by atoms with E-state index in [-0.39, 0.29) is 11.8 Å². The number of carbonyl (C=O) groups excluding carboxylic acids is 2. The highest BCUT2D eigenvalue weighted by atomic mass is 32.1. The molecule has 5 rings (SSSR count). The zero-order chi connectivity index (χ0) is 21.4. The monoisotopic (exact) mass is 433 g/mol. The first-order valence-corrected chi connectivity index (χ1v) is 10.6. The lowest BCUT2D eigenvalue weighted by Crippen LogP contribution is -2.13. The normalized spacial score (nSPS) is 13.2. The van der Waals surface area contributed by atoms with Crippen LogP contribution in [0.25, 0.3) is 5.69 Å². The molecule has 1 aliphatic carbocycles. The molecular weight excluding hydrogens is 414 g/mol. The lowest BCUT2D eigenvalue weighted by Gasteiger charge is -2.05. The van der Waals surface area contributed by atoms with E-state index < -0.39 is 0 Å². The smallest absolute Gasteiger partial charge is 0.266 e. The molecule has 31 heavy (non-hydrogen) atoms. The van der Waals surface area contributed by atoms with E-state index in [0.29, 0.717) is 27.2 Å². The van der Waals surface area contributed by atoms with Gasteiger partial charge in [-0.3, -0.25) is 14.3 Å². The number of hydrogen-bond acceptors (Lipinski definition) is 6. The summed E-state index contributed by atoms with van der Waals surface area (Å²) in [6.07, 6.45) is 5.36. The number of nitrogens with zero attached hydrogens (tertiary/aromatic N) is 5. The van der Waals surface area contributed by atoms with E-state index >= 15 is 0 Å². The van der Waals surface area contributed by atoms with Gasteiger partial charge < -0.3 is 10.6 Å². The van der Waals surface area contributed by atoms with Gasteiger partial charge in [-0.15, -0.1) is 11.3 Å². The number of hydrogen-bond donors (Lipinski definition) is 2. The summed E-state index contributed by atoms with van der Waals surface area (Å²) in [5, 5.41) is 14.2. The van der Waals surface area contributed by atoms with Crippen molar-refractivity contribution in [2.75, 3.05) is 10.6 Å². The Bertz CT molecular complexity index is 1240. The molecule has 2 N–H and O–H groups in total. The Kier molecular flexibility index (Phi) is 4.83. The van der Waals surface area contributed by atoms with Crippen molar-refractivity contribution in [2.45, 2.75) is 18.8 Å². The molecule has 2 amide bonds. The molecule has 0 spiro atoms. The van der Waals surface area contributed by atoms with E-state index in [0.717, 1.165) is 35.6 Å². The molecule has 3 aromatic heterocycles. The summed E-state index contributed by atoms with van der Waals surface area (Å²) in [6.45, 7) is 0. The molecule has 1 aromatic carbocycles. The maximum Gasteiger partial charge on any atom is 0.266 e. The second kappa shape index (κ2) is 7.80. The van der Waals surface area contributed by atoms with Gasteiger partial charge in [0.25, 0.3) is 11.8 Å². The number of aryl methyl sites for hydroxylation is 1. The van der Waals surface area contributed by atoms with Gasteiger partial charge in [0.05, 0.1) is 21.1 Å². The molecule has 0 atom stereocenters. The van der Waals surface area contributed by atoms with Gasteiger partial charge in [0.15, 0.2) is 0 Å². The third-order valence-corrected chi connectivity index (χ3v) is 6.08. The maximum atomic E-state index is 12.6. The molecule has 0 bridgehead atoms. The largest absolute Gasteiger partial charge is 0.321 e. The third-order valence-electron chi connectivity index (χ3n) is 5.00. The minimum Gasteiger partial charge on any atom is -0.321 e. The van der Waals surface area contributed by atoms with Gasteiger partial charge in [-0.05, 0) is 49.2 Å². The zero-order valence-electron chi connectivity index (χ0n) is 16.6. The number of benzene rings is 1. The fraction of sp³-hybridized carbons (Fsp3) is 0.190. The van der Waals surface area contributed by atoms with E-state index in [1.165, 1.54) is 6.33 Å². The minimum absolute atomic E-state index is 0.258. The molecule has 0 unspecified atom stereocenters. The number of aromatic nitrogens is 5. The molecule has 0 aliphatic heterocycles. The summed E-state index contributed by atoms with van der Waals surface area (Å²) in [7, 11) is 1.81. The van der Waals surface area contributed by atoms with Crippen molar-refractivity contribution in [1.82, 2.24) is 24.5 Å². The zero-order valence-corrected chi connectivity index (χ0v) is 17.5. The number of thiophene rings is 1. The molecule has 1 aliphatic rings. The second-order valence-electron chi connectivity index (χ2n) is 7.31. The third kappa shape index (κ3) is 4.10. The van der Waals surface area contributed by atoms with Crippen LogP contribution in [0, 0.1) is 0 Å². The van der Waals surface area contributed by atoms with Gasteiger partial charge >= 0.3 is 0 Å². The summed E-state index contributed by atoms with van der Waals surface area (Å²) < 4.78 is 3.31. The lowest BCUT2D eigenvalue weighted by molar-refractivity contribution is 0.102. The van der Waals surface area contributed by atoms with Crippen LogP contribution in [0.3, 0.4) is 0 Å². The van der Waals surface area contributed by atoms with Crippen molar-refractivity contribution < 1.29 is 9.59 Å². The van der Waals surface area contributed by atoms with E-state index in [1.807, 2.05) is 25.2 Å². The van der Waals surface area contributed by atoms with Crippen LogP contribution < -0.4 is 10.6 Å². The summed E-state index contributed by atoms with van der Waals surface area (Å²) in [4.78, 5) is 30.0. The summed E-state index contributed by atoms with van der Waals surface area (Å²) in [5.41, 5.74) is 2.50. The van der Waals surface area contributed by atoms with Crippen molar-refractivity contribution in [3.8, 4) is 5.69 Å². The van der Waals surface area contributed by atoms with Crippen LogP contribution >= 0.6 is 11.3 Å². The Hall–Kier alpha value is -3.79. The summed E-state index contributed by atoms with van der Waals surface area (Å²) >= 11 is 1.14. The number of nitrogens with one attached hydrogen (secondary N) is 2. The first-order chi connectivity index (χ1) is 15.1. The van der Waals surface area contributed by atoms with Crippen molar-refractivity contribution in [3.63, 3.8) is 0 Å². The van der Waals surface area contributed by atoms with Crippen molar-refractivity contribution in [1.29, 1.82) is 0 Å². The summed E-state index contributed by atoms with van der Waals surface area (Å²) in [5.74, 6) is 0.638. The van der Waals surface area contributed by atoms with E-state index in [9.17, 15) is 9.59 Å². The number of carbonyl (C=O) groups is 2. The van der Waals surface area contributed by atoms with Gasteiger partial charge in [-0.2, -0.15) is 10.2 Å². The van der Waals surface area contributed by atoms with Crippen LogP contribution in [-0.2, 0) is 7.05 Å². The molecule has 1 saturated carbocycles. The topological polar surface area (TPSA) is 107 Å². The lowest BCUT2D eigenvalue weighted by atomic mass is 10.2. The highest BCUT2D eigenvalue weighted by molar-refractivity contribution is 7.16. The average molecular weight is 433 g/mol. The van der Waals surface area contributed by atoms with Gasteiger partial charge in [0, 0.05) is 24.7 Å². The molecule has 156 valence electrons. The molecule has 3 heterocycles. The molecule has 1 fully saturated rings. The molecule has 0 radical (unpaired) electrons. The van der Waals surface area contributed by atoms with Crippen LogP contribution in [0.15, 0.2) is 55.1 Å². The maximum absolute atomic E-state index is 12.6. The first-order valence-electron chi connectivity index (χ1n) is 9.78. The van der Waals surface area contributed by atoms with Crippen LogP contribution in [0.4, 0.5) is 11.5 Å². The highest BCUT2D eigenvalue weighted by Gasteiger charge is 2.27. The minimum atomic E-state index is -0.269. The molecule has 10 heteroatoms. The van der Waals surface area contributed by atoms with Crippen LogP contribution in [0.5, 0.6) is 0 Å². The van der Waals surface area contributed by atoms with E-state index in [2.05, 4.69) is 25.8 Å². The quantitative estimate of drug-likeness (QED) is 0.484. The highest BCUT2D eigenvalue weighted by Crippen LogP contribution is 2.40. The van der Waals surface area contributed by atoms with Crippen molar-refractivity contribution >= 4 is 34.7 Å². The Balaban J connectivity index is 1.23. The number of amides is 2. The Morgan fingerprint density at radius 2 is 1.74 bits per heavy atom. The van der Waals surface area contributed by atoms with Gasteiger partial charge in [-0.25, -0.2) is 9.67 Å². The SMILES string of the molecule is Cn1nc(C2CC2)cc1NC(=O)c1ccc(C(=O)Nc2ccc(-n3cncn3)cc2)s1. The Labute approximate surface area is 181 Å². The second-order valence-corrected chi connectivity index (χ2v) is 8.40. The average Bonchev–Trinajstić information content (AvgIpc) is 3.16. The first kappa shape index (κ1) is 19.2. The fourth-order valence-electron chi connectivity index (χ4n) is 3.18. The van der Waals surface area contributed by atoms with Crippen LogP contribution in [0.2, 0.25) is 0 Å².